The Kier molecular flexibility index (Phi) is 4.65. The molecule has 0 fully saturated rings. The number of para-hydroxylation sites is 1. The zero-order valence-electron chi connectivity index (χ0n) is 15.3. The van der Waals surface area contributed by atoms with Gasteiger partial charge in [-0.3, -0.25) is 4.79 Å². The highest BCUT2D eigenvalue weighted by atomic mass is 32.2. The molecular weight excluding hydrogens is 362 g/mol. The van der Waals surface area contributed by atoms with Crippen LogP contribution in [0.3, 0.4) is 0 Å². The predicted molar refractivity (Wildman–Crippen MR) is 106 cm³/mol. The van der Waals surface area contributed by atoms with Gasteiger partial charge in [-0.15, -0.1) is 0 Å². The third-order valence-electron chi connectivity index (χ3n) is 5.29. The Morgan fingerprint density at radius 2 is 1.81 bits per heavy atom. The van der Waals surface area contributed by atoms with E-state index in [0.29, 0.717) is 26.1 Å². The van der Waals surface area contributed by atoms with Gasteiger partial charge in [-0.2, -0.15) is 0 Å². The summed E-state index contributed by atoms with van der Waals surface area (Å²) < 4.78 is 28.0. The summed E-state index contributed by atoms with van der Waals surface area (Å²) in [5.74, 6) is -0.0200. The average molecular weight is 385 g/mol. The lowest BCUT2D eigenvalue weighted by Gasteiger charge is -2.19. The van der Waals surface area contributed by atoms with E-state index in [4.69, 9.17) is 0 Å². The van der Waals surface area contributed by atoms with Gasteiger partial charge in [0, 0.05) is 44.5 Å². The van der Waals surface area contributed by atoms with Gasteiger partial charge in [0.1, 0.15) is 0 Å². The molecule has 1 N–H and O–H groups in total. The third kappa shape index (κ3) is 3.44. The zero-order chi connectivity index (χ0) is 19.0. The lowest BCUT2D eigenvalue weighted by Crippen LogP contribution is -2.34. The summed E-state index contributed by atoms with van der Waals surface area (Å²) in [6, 6.07) is 13.2. The molecular formula is C20H23N3O3S. The van der Waals surface area contributed by atoms with Gasteiger partial charge in [-0.25, -0.2) is 13.1 Å². The number of rotatable bonds is 5. The average Bonchev–Trinajstić information content (AvgIpc) is 3.25. The van der Waals surface area contributed by atoms with Gasteiger partial charge in [0.05, 0.1) is 4.90 Å². The van der Waals surface area contributed by atoms with Crippen LogP contribution in [0.1, 0.15) is 18.1 Å². The summed E-state index contributed by atoms with van der Waals surface area (Å²) in [6.45, 7) is 4.04. The van der Waals surface area contributed by atoms with Gasteiger partial charge in [-0.1, -0.05) is 18.2 Å². The Labute approximate surface area is 159 Å². The highest BCUT2D eigenvalue weighted by molar-refractivity contribution is 7.89. The van der Waals surface area contributed by atoms with Gasteiger partial charge in [0.25, 0.3) is 0 Å². The Morgan fingerprint density at radius 1 is 1.04 bits per heavy atom. The summed E-state index contributed by atoms with van der Waals surface area (Å²) >= 11 is 0. The smallest absolute Gasteiger partial charge is 0.240 e. The molecule has 2 aliphatic rings. The van der Waals surface area contributed by atoms with Gasteiger partial charge >= 0.3 is 0 Å². The molecule has 27 heavy (non-hydrogen) atoms. The van der Waals surface area contributed by atoms with Crippen molar-refractivity contribution in [2.24, 2.45) is 0 Å². The van der Waals surface area contributed by atoms with E-state index in [9.17, 15) is 13.2 Å². The van der Waals surface area contributed by atoms with E-state index in [-0.39, 0.29) is 10.8 Å². The molecule has 0 aromatic heterocycles. The molecule has 2 aromatic rings. The molecule has 0 saturated heterocycles. The minimum Gasteiger partial charge on any atom is -0.370 e. The molecule has 2 aliphatic heterocycles. The number of fused-ring (bicyclic) bond motifs is 2. The quantitative estimate of drug-likeness (QED) is 0.854. The summed E-state index contributed by atoms with van der Waals surface area (Å²) in [7, 11) is -3.57. The number of nitrogens with one attached hydrogen (secondary N) is 1. The Balaban J connectivity index is 1.42. The van der Waals surface area contributed by atoms with Crippen LogP contribution in [0.25, 0.3) is 0 Å². The van der Waals surface area contributed by atoms with E-state index >= 15 is 0 Å². The molecule has 7 heteroatoms. The van der Waals surface area contributed by atoms with Crippen LogP contribution in [0.5, 0.6) is 0 Å². The molecule has 0 aliphatic carbocycles. The lowest BCUT2D eigenvalue weighted by molar-refractivity contribution is -0.116. The van der Waals surface area contributed by atoms with Crippen molar-refractivity contribution in [2.45, 2.75) is 24.7 Å². The van der Waals surface area contributed by atoms with Crippen LogP contribution in [0.4, 0.5) is 11.4 Å². The van der Waals surface area contributed by atoms with Crippen LogP contribution in [-0.2, 0) is 27.7 Å². The van der Waals surface area contributed by atoms with Crippen molar-refractivity contribution < 1.29 is 13.2 Å². The second-order valence-corrected chi connectivity index (χ2v) is 8.74. The van der Waals surface area contributed by atoms with Crippen molar-refractivity contribution in [1.82, 2.24) is 4.72 Å². The number of carbonyl (C=O) groups is 1. The minimum absolute atomic E-state index is 0.0200. The Morgan fingerprint density at radius 3 is 2.63 bits per heavy atom. The van der Waals surface area contributed by atoms with Crippen molar-refractivity contribution >= 4 is 27.3 Å². The van der Waals surface area contributed by atoms with Crippen molar-refractivity contribution in [2.75, 3.05) is 36.0 Å². The molecule has 6 nitrogen and oxygen atoms in total. The lowest BCUT2D eigenvalue weighted by atomic mass is 10.2. The second-order valence-electron chi connectivity index (χ2n) is 6.97. The SMILES string of the molecule is CC(=O)N1CCc2cc(S(=O)(=O)NCCN3CCc4ccccc43)ccc21. The number of nitrogens with zero attached hydrogens (tertiary/aromatic N) is 2. The molecule has 2 aromatic carbocycles. The molecule has 142 valence electrons. The number of amides is 1. The summed E-state index contributed by atoms with van der Waals surface area (Å²) in [5.41, 5.74) is 4.23. The first-order valence-corrected chi connectivity index (χ1v) is 10.7. The molecule has 0 saturated carbocycles. The fourth-order valence-corrected chi connectivity index (χ4v) is 4.98. The van der Waals surface area contributed by atoms with Crippen molar-refractivity contribution in [3.63, 3.8) is 0 Å². The van der Waals surface area contributed by atoms with E-state index in [1.807, 2.05) is 12.1 Å². The van der Waals surface area contributed by atoms with E-state index in [1.54, 1.807) is 23.1 Å². The van der Waals surface area contributed by atoms with Gasteiger partial charge < -0.3 is 9.80 Å². The van der Waals surface area contributed by atoms with Crippen LogP contribution in [-0.4, -0.2) is 40.5 Å². The second kappa shape index (κ2) is 6.98. The maximum Gasteiger partial charge on any atom is 0.240 e. The first-order chi connectivity index (χ1) is 13.0. The fourth-order valence-electron chi connectivity index (χ4n) is 3.91. The number of anilines is 2. The predicted octanol–water partition coefficient (Wildman–Crippen LogP) is 1.94. The summed E-state index contributed by atoms with van der Waals surface area (Å²) in [4.78, 5) is 15.8. The number of hydrogen-bond donors (Lipinski definition) is 1. The molecule has 1 amide bonds. The molecule has 0 bridgehead atoms. The minimum atomic E-state index is -3.57. The third-order valence-corrected chi connectivity index (χ3v) is 6.75. The monoisotopic (exact) mass is 385 g/mol. The van der Waals surface area contributed by atoms with Crippen LogP contribution < -0.4 is 14.5 Å². The van der Waals surface area contributed by atoms with Gasteiger partial charge in [-0.05, 0) is 48.2 Å². The summed E-state index contributed by atoms with van der Waals surface area (Å²) in [6.07, 6.45) is 1.68. The standard InChI is InChI=1S/C20H23N3O3S/c1-15(24)23-12-9-17-14-18(6-7-20(17)23)27(25,26)21-10-13-22-11-8-16-4-2-3-5-19(16)22/h2-7,14,21H,8-13H2,1H3. The zero-order valence-corrected chi connectivity index (χ0v) is 16.1. The molecule has 4 rings (SSSR count). The van der Waals surface area contributed by atoms with Gasteiger partial charge in [0.15, 0.2) is 0 Å². The normalized spacial score (nSPS) is 15.7. The van der Waals surface area contributed by atoms with Crippen molar-refractivity contribution in [3.8, 4) is 0 Å². The van der Waals surface area contributed by atoms with Gasteiger partial charge in [0.2, 0.25) is 15.9 Å². The van der Waals surface area contributed by atoms with E-state index in [1.165, 1.54) is 18.2 Å². The maximum atomic E-state index is 12.7. The van der Waals surface area contributed by atoms with Crippen LogP contribution >= 0.6 is 0 Å². The Hall–Kier alpha value is -2.38. The number of benzene rings is 2. The molecule has 0 radical (unpaired) electrons. The first kappa shape index (κ1) is 18.0. The number of sulfonamides is 1. The molecule has 0 unspecified atom stereocenters. The summed E-state index contributed by atoms with van der Waals surface area (Å²) in [5, 5.41) is 0. The van der Waals surface area contributed by atoms with Crippen LogP contribution in [0.15, 0.2) is 47.4 Å². The number of carbonyl (C=O) groups excluding carboxylic acids is 1. The largest absolute Gasteiger partial charge is 0.370 e. The maximum absolute atomic E-state index is 12.7. The highest BCUT2D eigenvalue weighted by Crippen LogP contribution is 2.30. The van der Waals surface area contributed by atoms with E-state index in [0.717, 1.165) is 24.2 Å². The molecule has 2 heterocycles. The van der Waals surface area contributed by atoms with E-state index < -0.39 is 10.0 Å². The van der Waals surface area contributed by atoms with Crippen molar-refractivity contribution in [1.29, 1.82) is 0 Å². The first-order valence-electron chi connectivity index (χ1n) is 9.19. The fraction of sp³-hybridized carbons (Fsp3) is 0.350. The van der Waals surface area contributed by atoms with Crippen LogP contribution in [0, 0.1) is 0 Å². The topological polar surface area (TPSA) is 69.7 Å². The molecule has 0 atom stereocenters. The van der Waals surface area contributed by atoms with Crippen molar-refractivity contribution in [3.05, 3.63) is 53.6 Å². The van der Waals surface area contributed by atoms with Crippen LogP contribution in [0.2, 0.25) is 0 Å². The Bertz CT molecular complexity index is 988. The molecule has 0 spiro atoms. The number of hydrogen-bond acceptors (Lipinski definition) is 4. The van der Waals surface area contributed by atoms with E-state index in [2.05, 4.69) is 21.8 Å². The highest BCUT2D eigenvalue weighted by Gasteiger charge is 2.25.